The van der Waals surface area contributed by atoms with Crippen molar-refractivity contribution >= 4 is 29.2 Å². The Labute approximate surface area is 162 Å². The number of fused-ring (bicyclic) bond motifs is 1. The van der Waals surface area contributed by atoms with Gasteiger partial charge in [0.15, 0.2) is 23.5 Å². The van der Waals surface area contributed by atoms with Gasteiger partial charge >= 0.3 is 0 Å². The number of hydrazone groups is 1. The molecule has 12 heteroatoms. The molecule has 0 bridgehead atoms. The average molecular weight is 399 g/mol. The molecule has 3 heterocycles. The molecule has 12 nitrogen and oxygen atoms in total. The summed E-state index contributed by atoms with van der Waals surface area (Å²) in [6.07, 6.45) is -3.00. The van der Waals surface area contributed by atoms with Gasteiger partial charge in [-0.2, -0.15) is 10.1 Å². The highest BCUT2D eigenvalue weighted by Crippen LogP contribution is 2.31. The van der Waals surface area contributed by atoms with E-state index in [-0.39, 0.29) is 17.1 Å². The summed E-state index contributed by atoms with van der Waals surface area (Å²) in [5, 5.41) is 24.4. The van der Waals surface area contributed by atoms with Crippen molar-refractivity contribution in [2.45, 2.75) is 24.5 Å². The molecule has 0 aliphatic carbocycles. The number of nitrogens with one attached hydrogen (secondary N) is 2. The normalized spacial score (nSPS) is 24.3. The largest absolute Gasteiger partial charge is 0.387 e. The number of hydrogen-bond donors (Lipinski definition) is 5. The van der Waals surface area contributed by atoms with Crippen LogP contribution >= 0.6 is 0 Å². The smallest absolute Gasteiger partial charge is 0.280 e. The van der Waals surface area contributed by atoms with Crippen LogP contribution in [0.4, 0.5) is 5.95 Å². The molecule has 150 valence electrons. The van der Waals surface area contributed by atoms with Crippen LogP contribution in [0.3, 0.4) is 0 Å². The highest BCUT2D eigenvalue weighted by Gasteiger charge is 2.47. The number of H-pyrrole nitrogens is 1. The summed E-state index contributed by atoms with van der Waals surface area (Å²) in [4.78, 5) is 34.4. The maximum absolute atomic E-state index is 12.3. The van der Waals surface area contributed by atoms with Crippen LogP contribution in [0.1, 0.15) is 11.8 Å². The number of aromatic amines is 1. The first-order valence-corrected chi connectivity index (χ1v) is 8.57. The number of anilines is 1. The number of rotatable bonds is 4. The van der Waals surface area contributed by atoms with E-state index in [0.717, 1.165) is 5.56 Å². The van der Waals surface area contributed by atoms with E-state index in [0.29, 0.717) is 0 Å². The van der Waals surface area contributed by atoms with E-state index < -0.39 is 36.0 Å². The van der Waals surface area contributed by atoms with E-state index in [4.69, 9.17) is 10.5 Å². The predicted octanol–water partition coefficient (Wildman–Crippen LogP) is -1.53. The molecule has 1 fully saturated rings. The summed E-state index contributed by atoms with van der Waals surface area (Å²) in [5.41, 5.74) is 8.03. The SMILES string of the molecule is Nc1nc2c(ncn2C2OC(C(=O)NN=Cc3ccccc3)C(O)C2O)c(=O)[nH]1. The lowest BCUT2D eigenvalue weighted by molar-refractivity contribution is -0.137. The molecule has 4 unspecified atom stereocenters. The highest BCUT2D eigenvalue weighted by molar-refractivity contribution is 5.85. The number of carbonyl (C=O) groups excluding carboxylic acids is 1. The van der Waals surface area contributed by atoms with Crippen LogP contribution in [-0.4, -0.2) is 60.2 Å². The molecule has 4 atom stereocenters. The van der Waals surface area contributed by atoms with Gasteiger partial charge in [-0.05, 0) is 5.56 Å². The molecule has 1 aliphatic heterocycles. The average Bonchev–Trinajstić information content (AvgIpc) is 3.24. The van der Waals surface area contributed by atoms with Crippen LogP contribution in [-0.2, 0) is 9.53 Å². The van der Waals surface area contributed by atoms with Gasteiger partial charge in [-0.3, -0.25) is 19.1 Å². The quantitative estimate of drug-likeness (QED) is 0.259. The molecule has 1 aromatic carbocycles. The number of amides is 1. The number of ether oxygens (including phenoxy) is 1. The first-order chi connectivity index (χ1) is 14.0. The molecule has 1 aliphatic rings. The van der Waals surface area contributed by atoms with Crippen molar-refractivity contribution in [1.82, 2.24) is 24.9 Å². The standard InChI is InChI=1S/C17H17N7O5/c18-17-21-13-9(14(27)22-17)19-7-24(13)16-11(26)10(25)12(29-16)15(28)23-20-6-8-4-2-1-3-5-8/h1-7,10-12,16,25-26H,(H,23,28)(H3,18,21,22,27). The third-order valence-corrected chi connectivity index (χ3v) is 4.41. The Kier molecular flexibility index (Phi) is 4.80. The summed E-state index contributed by atoms with van der Waals surface area (Å²) < 4.78 is 6.76. The van der Waals surface area contributed by atoms with Gasteiger partial charge in [0.2, 0.25) is 5.95 Å². The Morgan fingerprint density at radius 3 is 2.83 bits per heavy atom. The zero-order valence-electron chi connectivity index (χ0n) is 14.8. The lowest BCUT2D eigenvalue weighted by Crippen LogP contribution is -2.41. The van der Waals surface area contributed by atoms with Crippen molar-refractivity contribution in [3.05, 3.63) is 52.6 Å². The number of hydrogen-bond acceptors (Lipinski definition) is 9. The fourth-order valence-corrected chi connectivity index (χ4v) is 3.01. The third kappa shape index (κ3) is 3.47. The molecule has 2 aromatic heterocycles. The van der Waals surface area contributed by atoms with Gasteiger partial charge in [0, 0.05) is 0 Å². The summed E-state index contributed by atoms with van der Waals surface area (Å²) in [6, 6.07) is 9.06. The predicted molar refractivity (Wildman–Crippen MR) is 101 cm³/mol. The Bertz CT molecular complexity index is 1130. The molecule has 0 spiro atoms. The lowest BCUT2D eigenvalue weighted by atomic mass is 10.1. The number of benzene rings is 1. The minimum Gasteiger partial charge on any atom is -0.387 e. The number of aliphatic hydroxyl groups is 2. The molecule has 0 radical (unpaired) electrons. The van der Waals surface area contributed by atoms with Crippen LogP contribution in [0.5, 0.6) is 0 Å². The van der Waals surface area contributed by atoms with E-state index in [1.807, 2.05) is 18.2 Å². The second-order valence-corrected chi connectivity index (χ2v) is 6.35. The zero-order chi connectivity index (χ0) is 20.5. The second-order valence-electron chi connectivity index (χ2n) is 6.35. The highest BCUT2D eigenvalue weighted by atomic mass is 16.6. The molecule has 6 N–H and O–H groups in total. The summed E-state index contributed by atoms with van der Waals surface area (Å²) in [5.74, 6) is -0.900. The molecule has 0 saturated carbocycles. The maximum Gasteiger partial charge on any atom is 0.280 e. The zero-order valence-corrected chi connectivity index (χ0v) is 14.8. The first-order valence-electron chi connectivity index (χ1n) is 8.57. The number of nitrogens with zero attached hydrogens (tertiary/aromatic N) is 4. The van der Waals surface area contributed by atoms with Crippen molar-refractivity contribution < 1.29 is 19.7 Å². The van der Waals surface area contributed by atoms with E-state index in [9.17, 15) is 19.8 Å². The maximum atomic E-state index is 12.3. The van der Waals surface area contributed by atoms with E-state index in [2.05, 4.69) is 25.5 Å². The van der Waals surface area contributed by atoms with Gasteiger partial charge in [0.05, 0.1) is 12.5 Å². The number of nitrogen functional groups attached to an aromatic ring is 1. The van der Waals surface area contributed by atoms with Crippen molar-refractivity contribution in [2.75, 3.05) is 5.73 Å². The van der Waals surface area contributed by atoms with Crippen molar-refractivity contribution in [1.29, 1.82) is 0 Å². The molecule has 1 saturated heterocycles. The van der Waals surface area contributed by atoms with Crippen LogP contribution in [0, 0.1) is 0 Å². The summed E-state index contributed by atoms with van der Waals surface area (Å²) in [6.45, 7) is 0. The Hall–Kier alpha value is -3.61. The molecule has 29 heavy (non-hydrogen) atoms. The number of carbonyl (C=O) groups is 1. The minimum absolute atomic E-state index is 0.0233. The number of imidazole rings is 1. The second kappa shape index (κ2) is 7.43. The van der Waals surface area contributed by atoms with Gasteiger partial charge in [-0.1, -0.05) is 30.3 Å². The minimum atomic E-state index is -1.54. The fraction of sp³-hybridized carbons (Fsp3) is 0.235. The van der Waals surface area contributed by atoms with E-state index >= 15 is 0 Å². The van der Waals surface area contributed by atoms with Crippen molar-refractivity contribution in [3.8, 4) is 0 Å². The Balaban J connectivity index is 1.53. The van der Waals surface area contributed by atoms with Crippen LogP contribution in [0.25, 0.3) is 11.2 Å². The lowest BCUT2D eigenvalue weighted by Gasteiger charge is -2.16. The molecular weight excluding hydrogens is 382 g/mol. The van der Waals surface area contributed by atoms with Gasteiger partial charge in [0.25, 0.3) is 11.5 Å². The Morgan fingerprint density at radius 1 is 1.31 bits per heavy atom. The van der Waals surface area contributed by atoms with Gasteiger partial charge in [0.1, 0.15) is 12.2 Å². The monoisotopic (exact) mass is 399 g/mol. The van der Waals surface area contributed by atoms with Crippen LogP contribution < -0.4 is 16.7 Å². The third-order valence-electron chi connectivity index (χ3n) is 4.41. The van der Waals surface area contributed by atoms with E-state index in [1.54, 1.807) is 12.1 Å². The van der Waals surface area contributed by atoms with Crippen LogP contribution in [0.2, 0.25) is 0 Å². The summed E-state index contributed by atoms with van der Waals surface area (Å²) in [7, 11) is 0. The van der Waals surface area contributed by atoms with Gasteiger partial charge in [-0.25, -0.2) is 10.4 Å². The van der Waals surface area contributed by atoms with Gasteiger partial charge < -0.3 is 20.7 Å². The number of aromatic nitrogens is 4. The summed E-state index contributed by atoms with van der Waals surface area (Å²) >= 11 is 0. The van der Waals surface area contributed by atoms with Gasteiger partial charge in [-0.15, -0.1) is 0 Å². The fourth-order valence-electron chi connectivity index (χ4n) is 3.01. The first kappa shape index (κ1) is 18.7. The van der Waals surface area contributed by atoms with E-state index in [1.165, 1.54) is 17.1 Å². The molecule has 4 rings (SSSR count). The van der Waals surface area contributed by atoms with Crippen LogP contribution in [0.15, 0.2) is 46.6 Å². The number of aliphatic hydroxyl groups excluding tert-OH is 2. The van der Waals surface area contributed by atoms with Crippen molar-refractivity contribution in [3.63, 3.8) is 0 Å². The van der Waals surface area contributed by atoms with Crippen molar-refractivity contribution in [2.24, 2.45) is 5.10 Å². The molecular formula is C17H17N7O5. The molecule has 1 amide bonds. The topological polar surface area (TPSA) is 181 Å². The number of nitrogens with two attached hydrogens (primary N) is 1. The molecule has 3 aromatic rings. The Morgan fingerprint density at radius 2 is 2.07 bits per heavy atom.